The van der Waals surface area contributed by atoms with Crippen LogP contribution in [-0.2, 0) is 10.0 Å². The quantitative estimate of drug-likeness (QED) is 0.912. The van der Waals surface area contributed by atoms with E-state index in [1.807, 2.05) is 46.8 Å². The largest absolute Gasteiger partial charge is 0.309 e. The second-order valence-electron chi connectivity index (χ2n) is 5.10. The zero-order valence-corrected chi connectivity index (χ0v) is 13.9. The second kappa shape index (κ2) is 7.20. The summed E-state index contributed by atoms with van der Waals surface area (Å²) in [4.78, 5) is 0.384. The van der Waals surface area contributed by atoms with Crippen LogP contribution in [0, 0.1) is 6.92 Å². The first-order valence-electron chi connectivity index (χ1n) is 7.22. The van der Waals surface area contributed by atoms with Crippen LogP contribution in [0.15, 0.2) is 29.2 Å². The van der Waals surface area contributed by atoms with Crippen LogP contribution in [-0.4, -0.2) is 37.9 Å². The summed E-state index contributed by atoms with van der Waals surface area (Å²) in [6.45, 7) is 11.0. The molecule has 1 saturated heterocycles. The van der Waals surface area contributed by atoms with E-state index in [4.69, 9.17) is 0 Å². The van der Waals surface area contributed by atoms with Crippen molar-refractivity contribution >= 4 is 10.0 Å². The van der Waals surface area contributed by atoms with Crippen molar-refractivity contribution in [3.63, 3.8) is 0 Å². The van der Waals surface area contributed by atoms with Gasteiger partial charge in [-0.15, -0.1) is 0 Å². The molecule has 0 amide bonds. The highest BCUT2D eigenvalue weighted by Gasteiger charge is 2.31. The lowest BCUT2D eigenvalue weighted by atomic mass is 10.2. The maximum Gasteiger partial charge on any atom is 0.243 e. The number of aryl methyl sites for hydroxylation is 1. The fourth-order valence-corrected chi connectivity index (χ4v) is 3.95. The molecule has 1 aliphatic rings. The fraction of sp³-hybridized carbons (Fsp3) is 0.600. The maximum absolute atomic E-state index is 12.5. The molecule has 1 aliphatic heterocycles. The van der Waals surface area contributed by atoms with Crippen molar-refractivity contribution in [3.05, 3.63) is 29.8 Å². The average Bonchev–Trinajstić information content (AvgIpc) is 2.40. The minimum Gasteiger partial charge on any atom is -0.309 e. The van der Waals surface area contributed by atoms with Crippen molar-refractivity contribution in [2.75, 3.05) is 13.1 Å². The van der Waals surface area contributed by atoms with Gasteiger partial charge in [-0.25, -0.2) is 8.42 Å². The first kappa shape index (κ1) is 17.1. The Kier molecular flexibility index (Phi) is 6.17. The van der Waals surface area contributed by atoms with E-state index in [1.165, 1.54) is 0 Å². The van der Waals surface area contributed by atoms with Crippen molar-refractivity contribution in [2.24, 2.45) is 0 Å². The molecule has 0 bridgehead atoms. The third kappa shape index (κ3) is 4.04. The van der Waals surface area contributed by atoms with E-state index in [0.29, 0.717) is 18.0 Å². The number of hydrogen-bond donors (Lipinski definition) is 1. The van der Waals surface area contributed by atoms with Gasteiger partial charge in [0.15, 0.2) is 0 Å². The number of sulfonamides is 1. The molecule has 0 aliphatic carbocycles. The number of rotatable bonds is 2. The third-order valence-corrected chi connectivity index (χ3v) is 5.03. The lowest BCUT2D eigenvalue weighted by molar-refractivity contribution is 0.263. The van der Waals surface area contributed by atoms with Crippen LogP contribution in [0.1, 0.15) is 33.3 Å². The van der Waals surface area contributed by atoms with Gasteiger partial charge in [0.2, 0.25) is 10.0 Å². The van der Waals surface area contributed by atoms with E-state index >= 15 is 0 Å². The normalized spacial score (nSPS) is 23.9. The zero-order valence-electron chi connectivity index (χ0n) is 13.1. The molecular weight excluding hydrogens is 272 g/mol. The summed E-state index contributed by atoms with van der Waals surface area (Å²) in [6.07, 6.45) is 0. The minimum absolute atomic E-state index is 0.189. The Balaban J connectivity index is 0.000000956. The Hall–Kier alpha value is -0.910. The van der Waals surface area contributed by atoms with E-state index in [-0.39, 0.29) is 12.1 Å². The summed E-state index contributed by atoms with van der Waals surface area (Å²) >= 11 is 0. The Morgan fingerprint density at radius 1 is 1.05 bits per heavy atom. The zero-order chi connectivity index (χ0) is 15.3. The topological polar surface area (TPSA) is 49.4 Å². The number of hydrogen-bond acceptors (Lipinski definition) is 3. The molecule has 1 heterocycles. The highest BCUT2D eigenvalue weighted by molar-refractivity contribution is 7.89. The van der Waals surface area contributed by atoms with Gasteiger partial charge in [0.05, 0.1) is 4.90 Å². The van der Waals surface area contributed by atoms with Crippen LogP contribution in [0.4, 0.5) is 0 Å². The summed E-state index contributed by atoms with van der Waals surface area (Å²) < 4.78 is 26.5. The number of piperazine rings is 1. The smallest absolute Gasteiger partial charge is 0.243 e. The van der Waals surface area contributed by atoms with Crippen molar-refractivity contribution in [1.82, 2.24) is 9.62 Å². The van der Waals surface area contributed by atoms with E-state index in [2.05, 4.69) is 5.32 Å². The molecule has 1 aromatic rings. The highest BCUT2D eigenvalue weighted by atomic mass is 32.2. The molecule has 20 heavy (non-hydrogen) atoms. The first-order valence-corrected chi connectivity index (χ1v) is 8.66. The molecule has 114 valence electrons. The molecule has 0 aromatic heterocycles. The van der Waals surface area contributed by atoms with Crippen LogP contribution < -0.4 is 5.32 Å². The van der Waals surface area contributed by atoms with E-state index in [9.17, 15) is 8.42 Å². The van der Waals surface area contributed by atoms with Gasteiger partial charge in [0.25, 0.3) is 0 Å². The van der Waals surface area contributed by atoms with Crippen molar-refractivity contribution in [3.8, 4) is 0 Å². The van der Waals surface area contributed by atoms with Gasteiger partial charge in [-0.1, -0.05) is 31.5 Å². The van der Waals surface area contributed by atoms with Gasteiger partial charge in [0, 0.05) is 25.2 Å². The Morgan fingerprint density at radius 2 is 1.50 bits per heavy atom. The van der Waals surface area contributed by atoms with Gasteiger partial charge in [-0.2, -0.15) is 4.31 Å². The number of nitrogens with one attached hydrogen (secondary N) is 1. The monoisotopic (exact) mass is 298 g/mol. The van der Waals surface area contributed by atoms with E-state index in [0.717, 1.165) is 5.56 Å². The molecule has 5 heteroatoms. The summed E-state index contributed by atoms with van der Waals surface area (Å²) in [7, 11) is -3.35. The molecular formula is C15H26N2O2S. The highest BCUT2D eigenvalue weighted by Crippen LogP contribution is 2.19. The van der Waals surface area contributed by atoms with Gasteiger partial charge in [-0.05, 0) is 32.9 Å². The summed E-state index contributed by atoms with van der Waals surface area (Å²) in [5.74, 6) is 0. The van der Waals surface area contributed by atoms with Crippen LogP contribution in [0.2, 0.25) is 0 Å². The maximum atomic E-state index is 12.5. The molecule has 2 atom stereocenters. The third-order valence-electron chi connectivity index (χ3n) is 3.18. The SMILES string of the molecule is CC.Cc1ccc(S(=O)(=O)N2CC(C)NC(C)C2)cc1. The van der Waals surface area contributed by atoms with Crippen LogP contribution in [0.3, 0.4) is 0 Å². The van der Waals surface area contributed by atoms with Gasteiger partial charge < -0.3 is 5.32 Å². The van der Waals surface area contributed by atoms with Crippen LogP contribution in [0.5, 0.6) is 0 Å². The molecule has 0 spiro atoms. The summed E-state index contributed by atoms with van der Waals surface area (Å²) in [5, 5.41) is 3.34. The standard InChI is InChI=1S/C13H20N2O2S.C2H6/c1-10-4-6-13(7-5-10)18(16,17)15-8-11(2)14-12(3)9-15;1-2/h4-7,11-12,14H,8-9H2,1-3H3;1-2H3. The lowest BCUT2D eigenvalue weighted by Gasteiger charge is -2.35. The predicted molar refractivity (Wildman–Crippen MR) is 83.3 cm³/mol. The molecule has 0 radical (unpaired) electrons. The van der Waals surface area contributed by atoms with Crippen LogP contribution in [0.25, 0.3) is 0 Å². The van der Waals surface area contributed by atoms with Crippen molar-refractivity contribution < 1.29 is 8.42 Å². The Morgan fingerprint density at radius 3 is 1.95 bits per heavy atom. The summed E-state index contributed by atoms with van der Waals surface area (Å²) in [5.41, 5.74) is 1.07. The first-order chi connectivity index (χ1) is 9.39. The Bertz CT molecular complexity index is 501. The predicted octanol–water partition coefficient (Wildman–Crippen LogP) is 2.39. The summed E-state index contributed by atoms with van der Waals surface area (Å²) in [6, 6.07) is 7.41. The molecule has 0 saturated carbocycles. The van der Waals surface area contributed by atoms with Gasteiger partial charge in [0.1, 0.15) is 0 Å². The number of nitrogens with zero attached hydrogens (tertiary/aromatic N) is 1. The molecule has 1 N–H and O–H groups in total. The minimum atomic E-state index is -3.35. The van der Waals surface area contributed by atoms with E-state index in [1.54, 1.807) is 16.4 Å². The molecule has 2 rings (SSSR count). The molecule has 2 unspecified atom stereocenters. The lowest BCUT2D eigenvalue weighted by Crippen LogP contribution is -2.55. The average molecular weight is 298 g/mol. The number of benzene rings is 1. The fourth-order valence-electron chi connectivity index (χ4n) is 2.33. The molecule has 1 aromatic carbocycles. The van der Waals surface area contributed by atoms with Crippen molar-refractivity contribution in [1.29, 1.82) is 0 Å². The molecule has 1 fully saturated rings. The van der Waals surface area contributed by atoms with Gasteiger partial charge >= 0.3 is 0 Å². The van der Waals surface area contributed by atoms with Gasteiger partial charge in [-0.3, -0.25) is 0 Å². The van der Waals surface area contributed by atoms with Crippen LogP contribution >= 0.6 is 0 Å². The van der Waals surface area contributed by atoms with E-state index < -0.39 is 10.0 Å². The second-order valence-corrected chi connectivity index (χ2v) is 7.04. The Labute approximate surface area is 123 Å². The molecule has 4 nitrogen and oxygen atoms in total. The van der Waals surface area contributed by atoms with Crippen molar-refractivity contribution in [2.45, 2.75) is 51.6 Å².